The van der Waals surface area contributed by atoms with Crippen molar-refractivity contribution in [1.82, 2.24) is 0 Å². The summed E-state index contributed by atoms with van der Waals surface area (Å²) in [4.78, 5) is 12.3. The van der Waals surface area contributed by atoms with Crippen molar-refractivity contribution in [2.75, 3.05) is 19.5 Å². The molecule has 1 aliphatic heterocycles. The fourth-order valence-corrected chi connectivity index (χ4v) is 3.09. The molecule has 26 heavy (non-hydrogen) atoms. The number of carbonyl (C=O) groups excluding carboxylic acids is 1. The third kappa shape index (κ3) is 3.29. The van der Waals surface area contributed by atoms with Gasteiger partial charge in [0.1, 0.15) is 0 Å². The van der Waals surface area contributed by atoms with Crippen LogP contribution in [0.2, 0.25) is 0 Å². The number of hydrogen-bond acceptors (Lipinski definition) is 3. The number of carbonyl (C=O) groups is 1. The fraction of sp³-hybridized carbons (Fsp3) is 0.167. The van der Waals surface area contributed by atoms with Crippen LogP contribution >= 0.6 is 15.9 Å². The Bertz CT molecular complexity index is 923. The van der Waals surface area contributed by atoms with Gasteiger partial charge in [0, 0.05) is 21.3 Å². The monoisotopic (exact) mass is 427 g/mol. The van der Waals surface area contributed by atoms with Crippen molar-refractivity contribution < 1.29 is 27.4 Å². The molecule has 0 saturated carbocycles. The zero-order valence-corrected chi connectivity index (χ0v) is 15.3. The molecule has 0 spiro atoms. The Morgan fingerprint density at radius 2 is 1.73 bits per heavy atom. The van der Waals surface area contributed by atoms with E-state index in [0.717, 1.165) is 12.1 Å². The maximum atomic E-state index is 12.8. The standard InChI is InChI=1S/C18H13BrF3NO3/c1-25-15-6-9(13(19)8-16(15)26-2)5-12-11-4-3-10(18(20,21)22)7-14(11)23-17(12)24/h3-8H,1-2H3,(H,23,24)/b12-5+. The lowest BCUT2D eigenvalue weighted by molar-refractivity contribution is -0.137. The maximum absolute atomic E-state index is 12.8. The smallest absolute Gasteiger partial charge is 0.416 e. The van der Waals surface area contributed by atoms with Gasteiger partial charge in [-0.15, -0.1) is 0 Å². The molecule has 4 nitrogen and oxygen atoms in total. The predicted molar refractivity (Wildman–Crippen MR) is 95.2 cm³/mol. The summed E-state index contributed by atoms with van der Waals surface area (Å²) in [6.07, 6.45) is -2.89. The third-order valence-corrected chi connectivity index (χ3v) is 4.62. The summed E-state index contributed by atoms with van der Waals surface area (Å²) in [5, 5.41) is 2.47. The molecule has 1 aliphatic rings. The molecule has 0 saturated heterocycles. The lowest BCUT2D eigenvalue weighted by atomic mass is 10.0. The summed E-state index contributed by atoms with van der Waals surface area (Å²) in [6, 6.07) is 6.53. The summed E-state index contributed by atoms with van der Waals surface area (Å²) >= 11 is 3.40. The number of hydrogen-bond donors (Lipinski definition) is 1. The molecule has 0 atom stereocenters. The predicted octanol–water partition coefficient (Wildman–Crippen LogP) is 4.98. The largest absolute Gasteiger partial charge is 0.493 e. The Hall–Kier alpha value is -2.48. The third-order valence-electron chi connectivity index (χ3n) is 3.93. The first-order valence-electron chi connectivity index (χ1n) is 7.40. The zero-order chi connectivity index (χ0) is 19.1. The molecule has 136 valence electrons. The van der Waals surface area contributed by atoms with Gasteiger partial charge in [-0.05, 0) is 35.9 Å². The molecule has 0 radical (unpaired) electrons. The molecule has 0 fully saturated rings. The van der Waals surface area contributed by atoms with Gasteiger partial charge in [-0.1, -0.05) is 22.0 Å². The van der Waals surface area contributed by atoms with Gasteiger partial charge in [0.25, 0.3) is 5.91 Å². The first-order valence-corrected chi connectivity index (χ1v) is 8.20. The van der Waals surface area contributed by atoms with E-state index in [2.05, 4.69) is 21.2 Å². The first kappa shape index (κ1) is 18.3. The van der Waals surface area contributed by atoms with Crippen molar-refractivity contribution in [2.45, 2.75) is 6.18 Å². The van der Waals surface area contributed by atoms with Crippen LogP contribution in [-0.2, 0) is 11.0 Å². The van der Waals surface area contributed by atoms with Gasteiger partial charge in [0.15, 0.2) is 11.5 Å². The van der Waals surface area contributed by atoms with Crippen LogP contribution in [0.5, 0.6) is 11.5 Å². The van der Waals surface area contributed by atoms with Gasteiger partial charge >= 0.3 is 6.18 Å². The van der Waals surface area contributed by atoms with Crippen LogP contribution in [0.3, 0.4) is 0 Å². The van der Waals surface area contributed by atoms with E-state index in [1.54, 1.807) is 18.2 Å². The molecule has 0 aromatic heterocycles. The van der Waals surface area contributed by atoms with Crippen LogP contribution in [0.1, 0.15) is 16.7 Å². The van der Waals surface area contributed by atoms with Crippen LogP contribution < -0.4 is 14.8 Å². The highest BCUT2D eigenvalue weighted by Gasteiger charge is 2.33. The number of benzene rings is 2. The normalized spacial score (nSPS) is 15.0. The first-order chi connectivity index (χ1) is 12.2. The van der Waals surface area contributed by atoms with E-state index < -0.39 is 17.6 Å². The van der Waals surface area contributed by atoms with Gasteiger partial charge in [-0.2, -0.15) is 13.2 Å². The number of methoxy groups -OCH3 is 2. The lowest BCUT2D eigenvalue weighted by Crippen LogP contribution is -2.06. The fourth-order valence-electron chi connectivity index (χ4n) is 2.65. The van der Waals surface area contributed by atoms with E-state index in [-0.39, 0.29) is 11.3 Å². The number of anilines is 1. The van der Waals surface area contributed by atoms with E-state index in [1.807, 2.05) is 0 Å². The SMILES string of the molecule is COc1cc(Br)c(/C=C2/C(=O)Nc3cc(C(F)(F)F)ccc32)cc1OC. The average molecular weight is 428 g/mol. The second kappa shape index (κ2) is 6.68. The van der Waals surface area contributed by atoms with Crippen molar-refractivity contribution in [2.24, 2.45) is 0 Å². The van der Waals surface area contributed by atoms with Gasteiger partial charge in [-0.25, -0.2) is 0 Å². The molecular weight excluding hydrogens is 415 g/mol. The van der Waals surface area contributed by atoms with Crippen molar-refractivity contribution in [3.8, 4) is 11.5 Å². The summed E-state index contributed by atoms with van der Waals surface area (Å²) in [5.41, 5.74) is 0.615. The molecule has 2 aromatic carbocycles. The lowest BCUT2D eigenvalue weighted by Gasteiger charge is -2.10. The minimum absolute atomic E-state index is 0.132. The molecule has 2 aromatic rings. The second-order valence-corrected chi connectivity index (χ2v) is 6.35. The Morgan fingerprint density at radius 1 is 1.08 bits per heavy atom. The molecule has 1 heterocycles. The number of fused-ring (bicyclic) bond motifs is 1. The summed E-state index contributed by atoms with van der Waals surface area (Å²) in [5.74, 6) is 0.502. The van der Waals surface area contributed by atoms with Crippen molar-refractivity contribution in [3.63, 3.8) is 0 Å². The Kier molecular flexibility index (Phi) is 4.70. The highest BCUT2D eigenvalue weighted by molar-refractivity contribution is 9.10. The second-order valence-electron chi connectivity index (χ2n) is 5.50. The Morgan fingerprint density at radius 3 is 2.35 bits per heavy atom. The average Bonchev–Trinajstić information content (AvgIpc) is 2.90. The molecular formula is C18H13BrF3NO3. The molecule has 0 unspecified atom stereocenters. The Labute approximate surface area is 155 Å². The molecule has 1 amide bonds. The summed E-state index contributed by atoms with van der Waals surface area (Å²) in [6.45, 7) is 0. The van der Waals surface area contributed by atoms with Gasteiger partial charge in [-0.3, -0.25) is 4.79 Å². The highest BCUT2D eigenvalue weighted by atomic mass is 79.9. The number of rotatable bonds is 3. The van der Waals surface area contributed by atoms with Gasteiger partial charge in [0.2, 0.25) is 0 Å². The van der Waals surface area contributed by atoms with E-state index in [9.17, 15) is 18.0 Å². The van der Waals surface area contributed by atoms with Crippen LogP contribution in [0.25, 0.3) is 11.6 Å². The molecule has 1 N–H and O–H groups in total. The van der Waals surface area contributed by atoms with Gasteiger partial charge < -0.3 is 14.8 Å². The summed E-state index contributed by atoms with van der Waals surface area (Å²) < 4.78 is 49.6. The van der Waals surface area contributed by atoms with Crippen molar-refractivity contribution >= 4 is 39.2 Å². The molecule has 0 aliphatic carbocycles. The minimum atomic E-state index is -4.47. The molecule has 3 rings (SSSR count). The quantitative estimate of drug-likeness (QED) is 0.702. The van der Waals surface area contributed by atoms with Crippen LogP contribution in [0.15, 0.2) is 34.8 Å². The Balaban J connectivity index is 2.08. The number of nitrogens with one attached hydrogen (secondary N) is 1. The number of amides is 1. The maximum Gasteiger partial charge on any atom is 0.416 e. The minimum Gasteiger partial charge on any atom is -0.493 e. The van der Waals surface area contributed by atoms with Crippen molar-refractivity contribution in [3.05, 3.63) is 51.5 Å². The number of alkyl halides is 3. The van der Waals surface area contributed by atoms with Crippen molar-refractivity contribution in [1.29, 1.82) is 0 Å². The highest BCUT2D eigenvalue weighted by Crippen LogP contribution is 2.40. The van der Waals surface area contributed by atoms with E-state index >= 15 is 0 Å². The molecule has 8 heteroatoms. The van der Waals surface area contributed by atoms with E-state index in [4.69, 9.17) is 9.47 Å². The zero-order valence-electron chi connectivity index (χ0n) is 13.7. The van der Waals surface area contributed by atoms with E-state index in [0.29, 0.717) is 27.1 Å². The van der Waals surface area contributed by atoms with Crippen LogP contribution in [0, 0.1) is 0 Å². The van der Waals surface area contributed by atoms with Gasteiger partial charge in [0.05, 0.1) is 19.8 Å². The topological polar surface area (TPSA) is 47.6 Å². The number of halogens is 4. The van der Waals surface area contributed by atoms with Crippen LogP contribution in [-0.4, -0.2) is 20.1 Å². The summed E-state index contributed by atoms with van der Waals surface area (Å²) in [7, 11) is 2.99. The number of ether oxygens (including phenoxy) is 2. The molecule has 0 bridgehead atoms. The van der Waals surface area contributed by atoms with E-state index in [1.165, 1.54) is 20.3 Å². The van der Waals surface area contributed by atoms with Crippen LogP contribution in [0.4, 0.5) is 18.9 Å².